The number of aliphatic imine (C=N–C) groups is 1. The number of rotatable bonds is 4. The minimum Gasteiger partial charge on any atom is -0.336 e. The number of aromatic nitrogens is 2. The fraction of sp³-hybridized carbons (Fsp3) is 0.316. The van der Waals surface area contributed by atoms with Crippen molar-refractivity contribution in [3.8, 4) is 0 Å². The monoisotopic (exact) mass is 418 g/mol. The van der Waals surface area contributed by atoms with Gasteiger partial charge in [-0.05, 0) is 12.1 Å². The molecule has 3 heterocycles. The van der Waals surface area contributed by atoms with Crippen LogP contribution in [0.25, 0.3) is 0 Å². The van der Waals surface area contributed by atoms with E-state index in [0.717, 1.165) is 31.1 Å². The number of nitrogens with zero attached hydrogens (tertiary/aromatic N) is 5. The van der Waals surface area contributed by atoms with Gasteiger partial charge in [-0.2, -0.15) is 5.10 Å². The van der Waals surface area contributed by atoms with Crippen LogP contribution in [0, 0.1) is 0 Å². The van der Waals surface area contributed by atoms with Gasteiger partial charge in [-0.15, -0.1) is 0 Å². The molecule has 1 aromatic heterocycles. The van der Waals surface area contributed by atoms with E-state index in [-0.39, 0.29) is 5.91 Å². The Morgan fingerprint density at radius 3 is 2.71 bits per heavy atom. The molecule has 2 aliphatic rings. The van der Waals surface area contributed by atoms with Gasteiger partial charge in [0.25, 0.3) is 5.91 Å². The molecule has 7 nitrogen and oxygen atoms in total. The third-order valence-electron chi connectivity index (χ3n) is 4.94. The zero-order valence-corrected chi connectivity index (χ0v) is 16.7. The molecule has 0 radical (unpaired) electrons. The highest BCUT2D eigenvalue weighted by Crippen LogP contribution is 2.27. The average Bonchev–Trinajstić information content (AvgIpc) is 3.25. The summed E-state index contributed by atoms with van der Waals surface area (Å²) in [6, 6.07) is 7.09. The van der Waals surface area contributed by atoms with Crippen molar-refractivity contribution >= 4 is 41.1 Å². The molecule has 1 aromatic carbocycles. The molecule has 0 bridgehead atoms. The topological polar surface area (TPSA) is 67.8 Å². The van der Waals surface area contributed by atoms with Crippen LogP contribution in [0.1, 0.15) is 10.4 Å². The van der Waals surface area contributed by atoms with Crippen molar-refractivity contribution in [3.63, 3.8) is 0 Å². The Bertz CT molecular complexity index is 903. The van der Waals surface area contributed by atoms with E-state index < -0.39 is 0 Å². The average molecular weight is 419 g/mol. The summed E-state index contributed by atoms with van der Waals surface area (Å²) in [6.45, 7) is 4.31. The Balaban J connectivity index is 1.38. The summed E-state index contributed by atoms with van der Waals surface area (Å²) in [5.41, 5.74) is 1.56. The summed E-state index contributed by atoms with van der Waals surface area (Å²) >= 11 is 12.2. The summed E-state index contributed by atoms with van der Waals surface area (Å²) in [5, 5.41) is 7.75. The molecule has 2 aromatic rings. The normalized spacial score (nSPS) is 17.7. The summed E-state index contributed by atoms with van der Waals surface area (Å²) in [6.07, 6.45) is 5.49. The predicted octanol–water partition coefficient (Wildman–Crippen LogP) is 2.91. The van der Waals surface area contributed by atoms with E-state index in [4.69, 9.17) is 23.2 Å². The summed E-state index contributed by atoms with van der Waals surface area (Å²) in [7, 11) is 0. The SMILES string of the molecule is O=C(c1cccc(Cl)c1Cl)N1CCN(CC2=CN=CCN2c2ccn[nH]2)CC1. The van der Waals surface area contributed by atoms with Crippen molar-refractivity contribution in [1.82, 2.24) is 20.0 Å². The van der Waals surface area contributed by atoms with E-state index in [1.807, 2.05) is 23.4 Å². The quantitative estimate of drug-likeness (QED) is 0.828. The molecule has 146 valence electrons. The number of halogens is 2. The fourth-order valence-electron chi connectivity index (χ4n) is 3.41. The molecular formula is C19H20Cl2N6O. The fourth-order valence-corrected chi connectivity index (χ4v) is 3.79. The molecule has 1 amide bonds. The van der Waals surface area contributed by atoms with Gasteiger partial charge in [-0.3, -0.25) is 19.8 Å². The number of amides is 1. The third-order valence-corrected chi connectivity index (χ3v) is 5.76. The van der Waals surface area contributed by atoms with Crippen molar-refractivity contribution in [2.75, 3.05) is 44.2 Å². The Morgan fingerprint density at radius 2 is 1.96 bits per heavy atom. The maximum absolute atomic E-state index is 12.8. The van der Waals surface area contributed by atoms with Gasteiger partial charge in [-0.1, -0.05) is 29.3 Å². The molecule has 0 aliphatic carbocycles. The van der Waals surface area contributed by atoms with E-state index in [9.17, 15) is 4.79 Å². The highest BCUT2D eigenvalue weighted by molar-refractivity contribution is 6.43. The first-order chi connectivity index (χ1) is 13.6. The molecule has 2 aliphatic heterocycles. The van der Waals surface area contributed by atoms with Gasteiger partial charge in [0.2, 0.25) is 0 Å². The summed E-state index contributed by atoms with van der Waals surface area (Å²) in [5.74, 6) is 0.870. The molecule has 9 heteroatoms. The van der Waals surface area contributed by atoms with Gasteiger partial charge in [0.15, 0.2) is 0 Å². The van der Waals surface area contributed by atoms with Crippen molar-refractivity contribution in [3.05, 3.63) is 58.0 Å². The van der Waals surface area contributed by atoms with Crippen LogP contribution >= 0.6 is 23.2 Å². The molecule has 4 rings (SSSR count). The van der Waals surface area contributed by atoms with Gasteiger partial charge in [-0.25, -0.2) is 0 Å². The maximum Gasteiger partial charge on any atom is 0.255 e. The van der Waals surface area contributed by atoms with E-state index in [2.05, 4.69) is 25.0 Å². The van der Waals surface area contributed by atoms with Gasteiger partial charge >= 0.3 is 0 Å². The van der Waals surface area contributed by atoms with Crippen LogP contribution in [0.2, 0.25) is 10.0 Å². The number of piperazine rings is 1. The van der Waals surface area contributed by atoms with E-state index >= 15 is 0 Å². The van der Waals surface area contributed by atoms with Crippen LogP contribution in [0.5, 0.6) is 0 Å². The summed E-state index contributed by atoms with van der Waals surface area (Å²) in [4.78, 5) is 23.4. The number of hydrogen-bond donors (Lipinski definition) is 1. The molecule has 0 atom stereocenters. The number of aromatic amines is 1. The number of nitrogens with one attached hydrogen (secondary N) is 1. The van der Waals surface area contributed by atoms with Crippen LogP contribution in [-0.2, 0) is 0 Å². The lowest BCUT2D eigenvalue weighted by Gasteiger charge is -2.37. The van der Waals surface area contributed by atoms with E-state index in [1.165, 1.54) is 0 Å². The lowest BCUT2D eigenvalue weighted by Crippen LogP contribution is -2.50. The molecule has 28 heavy (non-hydrogen) atoms. The minimum absolute atomic E-state index is 0.0762. The van der Waals surface area contributed by atoms with E-state index in [0.29, 0.717) is 35.2 Å². The molecule has 1 N–H and O–H groups in total. The van der Waals surface area contributed by atoms with Gasteiger partial charge < -0.3 is 9.80 Å². The van der Waals surface area contributed by atoms with Crippen molar-refractivity contribution < 1.29 is 4.79 Å². The largest absolute Gasteiger partial charge is 0.336 e. The van der Waals surface area contributed by atoms with Crippen LogP contribution in [0.3, 0.4) is 0 Å². The lowest BCUT2D eigenvalue weighted by atomic mass is 10.1. The Kier molecular flexibility index (Phi) is 5.66. The first-order valence-corrected chi connectivity index (χ1v) is 9.82. The van der Waals surface area contributed by atoms with Crippen molar-refractivity contribution in [2.24, 2.45) is 4.99 Å². The smallest absolute Gasteiger partial charge is 0.255 e. The number of carbonyl (C=O) groups excluding carboxylic acids is 1. The first kappa shape index (κ1) is 19.0. The number of carbonyl (C=O) groups is 1. The van der Waals surface area contributed by atoms with Crippen LogP contribution in [0.4, 0.5) is 5.82 Å². The molecule has 0 spiro atoms. The second-order valence-corrected chi connectivity index (χ2v) is 7.46. The number of benzene rings is 1. The van der Waals surface area contributed by atoms with Crippen LogP contribution in [0.15, 0.2) is 47.4 Å². The second kappa shape index (κ2) is 8.34. The zero-order valence-electron chi connectivity index (χ0n) is 15.2. The molecule has 0 unspecified atom stereocenters. The second-order valence-electron chi connectivity index (χ2n) is 6.67. The Labute approximate surface area is 173 Å². The summed E-state index contributed by atoms with van der Waals surface area (Å²) < 4.78 is 0. The number of H-pyrrole nitrogens is 1. The number of hydrogen-bond acceptors (Lipinski definition) is 5. The van der Waals surface area contributed by atoms with E-state index in [1.54, 1.807) is 24.4 Å². The molecule has 1 fully saturated rings. The predicted molar refractivity (Wildman–Crippen MR) is 111 cm³/mol. The first-order valence-electron chi connectivity index (χ1n) is 9.06. The van der Waals surface area contributed by atoms with Crippen LogP contribution in [-0.4, -0.2) is 71.4 Å². The standard InChI is InChI=1S/C19H20Cl2N6O/c20-16-3-1-2-15(18(16)21)19(28)26-10-8-25(9-11-26)13-14-12-22-6-7-27(14)17-4-5-23-24-17/h1-6,12H,7-11,13H2,(H,23,24). The highest BCUT2D eigenvalue weighted by Gasteiger charge is 2.26. The third kappa shape index (κ3) is 3.92. The zero-order chi connectivity index (χ0) is 19.5. The minimum atomic E-state index is -0.0762. The Morgan fingerprint density at radius 1 is 1.14 bits per heavy atom. The van der Waals surface area contributed by atoms with Gasteiger partial charge in [0.05, 0.1) is 34.0 Å². The highest BCUT2D eigenvalue weighted by atomic mass is 35.5. The van der Waals surface area contributed by atoms with Crippen LogP contribution < -0.4 is 4.90 Å². The van der Waals surface area contributed by atoms with Gasteiger partial charge in [0, 0.05) is 51.2 Å². The number of anilines is 1. The Hall–Kier alpha value is -2.35. The van der Waals surface area contributed by atoms with Crippen molar-refractivity contribution in [1.29, 1.82) is 0 Å². The molecular weight excluding hydrogens is 399 g/mol. The molecule has 0 saturated carbocycles. The molecule has 1 saturated heterocycles. The van der Waals surface area contributed by atoms with Gasteiger partial charge in [0.1, 0.15) is 5.82 Å². The van der Waals surface area contributed by atoms with Crippen molar-refractivity contribution in [2.45, 2.75) is 0 Å². The maximum atomic E-state index is 12.8. The lowest BCUT2D eigenvalue weighted by molar-refractivity contribution is 0.0647.